The summed E-state index contributed by atoms with van der Waals surface area (Å²) in [6.07, 6.45) is 4.71. The zero-order valence-corrected chi connectivity index (χ0v) is 13.1. The Morgan fingerprint density at radius 3 is 2.36 bits per heavy atom. The first-order valence-electron chi connectivity index (χ1n) is 6.60. The predicted molar refractivity (Wildman–Crippen MR) is 83.4 cm³/mol. The second-order valence-electron chi connectivity index (χ2n) is 4.82. The van der Waals surface area contributed by atoms with Crippen molar-refractivity contribution < 1.29 is 13.9 Å². The van der Waals surface area contributed by atoms with Crippen LogP contribution in [0.15, 0.2) is 30.7 Å². The van der Waals surface area contributed by atoms with Crippen molar-refractivity contribution in [1.82, 2.24) is 9.38 Å². The zero-order chi connectivity index (χ0) is 15.9. The Morgan fingerprint density at radius 1 is 1.14 bits per heavy atom. The lowest BCUT2D eigenvalue weighted by Gasteiger charge is -2.17. The molecule has 0 bridgehead atoms. The normalized spacial score (nSPS) is 11.0. The molecule has 2 heterocycles. The lowest BCUT2D eigenvalue weighted by Crippen LogP contribution is -2.00. The molecule has 0 amide bonds. The van der Waals surface area contributed by atoms with Crippen LogP contribution in [-0.2, 0) is 0 Å². The standard InChI is InChI=1S/C16H14ClFN2O2/c1-9-11(18)8-20-5-4-19-16(20)14(9)15-12(21-2)6-10(17)7-13(15)22-3/h4-8H,1-3H3. The van der Waals surface area contributed by atoms with Gasteiger partial charge in [-0.05, 0) is 24.6 Å². The number of aromatic nitrogens is 2. The van der Waals surface area contributed by atoms with Gasteiger partial charge in [0, 0.05) is 29.2 Å². The van der Waals surface area contributed by atoms with Gasteiger partial charge in [0.25, 0.3) is 0 Å². The summed E-state index contributed by atoms with van der Waals surface area (Å²) >= 11 is 6.08. The summed E-state index contributed by atoms with van der Waals surface area (Å²) in [6, 6.07) is 3.34. The van der Waals surface area contributed by atoms with Gasteiger partial charge in [0.15, 0.2) is 0 Å². The average Bonchev–Trinajstić information content (AvgIpc) is 2.96. The fraction of sp³-hybridized carbons (Fsp3) is 0.188. The third kappa shape index (κ3) is 2.18. The molecule has 2 aromatic heterocycles. The van der Waals surface area contributed by atoms with E-state index in [2.05, 4.69) is 4.98 Å². The summed E-state index contributed by atoms with van der Waals surface area (Å²) in [6.45, 7) is 1.70. The van der Waals surface area contributed by atoms with E-state index in [4.69, 9.17) is 21.1 Å². The van der Waals surface area contributed by atoms with Gasteiger partial charge in [0.05, 0.1) is 19.8 Å². The number of hydrogen-bond acceptors (Lipinski definition) is 3. The third-order valence-electron chi connectivity index (χ3n) is 3.60. The summed E-state index contributed by atoms with van der Waals surface area (Å²) in [4.78, 5) is 4.32. The highest BCUT2D eigenvalue weighted by molar-refractivity contribution is 6.31. The first-order valence-corrected chi connectivity index (χ1v) is 6.98. The molecule has 0 atom stereocenters. The van der Waals surface area contributed by atoms with Crippen molar-refractivity contribution in [3.63, 3.8) is 0 Å². The molecule has 114 valence electrons. The summed E-state index contributed by atoms with van der Waals surface area (Å²) in [5.74, 6) is 0.672. The highest BCUT2D eigenvalue weighted by Gasteiger charge is 2.21. The molecule has 1 aromatic carbocycles. The molecule has 0 fully saturated rings. The van der Waals surface area contributed by atoms with E-state index in [1.807, 2.05) is 0 Å². The lowest BCUT2D eigenvalue weighted by molar-refractivity contribution is 0.397. The van der Waals surface area contributed by atoms with Crippen LogP contribution in [0.1, 0.15) is 5.56 Å². The van der Waals surface area contributed by atoms with Crippen LogP contribution in [-0.4, -0.2) is 23.6 Å². The molecule has 0 unspecified atom stereocenters. The number of hydrogen-bond donors (Lipinski definition) is 0. The highest BCUT2D eigenvalue weighted by atomic mass is 35.5. The second-order valence-corrected chi connectivity index (χ2v) is 5.26. The van der Waals surface area contributed by atoms with Crippen molar-refractivity contribution in [2.45, 2.75) is 6.92 Å². The lowest BCUT2D eigenvalue weighted by atomic mass is 9.99. The molecule has 0 spiro atoms. The number of nitrogens with zero attached hydrogens (tertiary/aromatic N) is 2. The fourth-order valence-corrected chi connectivity index (χ4v) is 2.74. The van der Waals surface area contributed by atoms with Crippen LogP contribution in [0.3, 0.4) is 0 Å². The average molecular weight is 321 g/mol. The molecule has 0 aliphatic heterocycles. The van der Waals surface area contributed by atoms with Gasteiger partial charge in [-0.15, -0.1) is 0 Å². The van der Waals surface area contributed by atoms with Crippen molar-refractivity contribution in [3.8, 4) is 22.6 Å². The van der Waals surface area contributed by atoms with E-state index in [1.165, 1.54) is 20.4 Å². The molecule has 0 saturated heterocycles. The molecular weight excluding hydrogens is 307 g/mol. The molecule has 3 aromatic rings. The maximum Gasteiger partial charge on any atom is 0.145 e. The monoisotopic (exact) mass is 320 g/mol. The summed E-state index contributed by atoms with van der Waals surface area (Å²) in [5, 5.41) is 0.478. The number of pyridine rings is 1. The second kappa shape index (κ2) is 5.50. The summed E-state index contributed by atoms with van der Waals surface area (Å²) in [7, 11) is 3.07. The molecule has 0 radical (unpaired) electrons. The Bertz CT molecular complexity index is 836. The van der Waals surface area contributed by atoms with Crippen molar-refractivity contribution >= 4 is 17.2 Å². The summed E-state index contributed by atoms with van der Waals surface area (Å²) in [5.41, 5.74) is 2.34. The van der Waals surface area contributed by atoms with Gasteiger partial charge >= 0.3 is 0 Å². The molecule has 4 nitrogen and oxygen atoms in total. The number of ether oxygens (including phenoxy) is 2. The number of methoxy groups -OCH3 is 2. The first kappa shape index (κ1) is 14.7. The predicted octanol–water partition coefficient (Wildman–Crippen LogP) is 4.12. The Balaban J connectivity index is 2.46. The maximum absolute atomic E-state index is 14.3. The number of rotatable bonds is 3. The molecule has 3 rings (SSSR count). The number of fused-ring (bicyclic) bond motifs is 1. The number of halogens is 2. The van der Waals surface area contributed by atoms with E-state index in [9.17, 15) is 4.39 Å². The SMILES string of the molecule is COc1cc(Cl)cc(OC)c1-c1c(C)c(F)cn2ccnc12. The van der Waals surface area contributed by atoms with Crippen LogP contribution in [0.5, 0.6) is 11.5 Å². The zero-order valence-electron chi connectivity index (χ0n) is 12.4. The van der Waals surface area contributed by atoms with Gasteiger partial charge in [0.2, 0.25) is 0 Å². The smallest absolute Gasteiger partial charge is 0.145 e. The fourth-order valence-electron chi connectivity index (χ4n) is 2.54. The van der Waals surface area contributed by atoms with Crippen LogP contribution in [0.2, 0.25) is 5.02 Å². The van der Waals surface area contributed by atoms with Crippen molar-refractivity contribution in [1.29, 1.82) is 0 Å². The van der Waals surface area contributed by atoms with Crippen LogP contribution < -0.4 is 9.47 Å². The molecule has 0 aliphatic carbocycles. The number of imidazole rings is 1. The van der Waals surface area contributed by atoms with E-state index in [0.29, 0.717) is 38.9 Å². The molecule has 0 saturated carbocycles. The van der Waals surface area contributed by atoms with E-state index < -0.39 is 0 Å². The topological polar surface area (TPSA) is 35.8 Å². The minimum absolute atomic E-state index is 0.334. The Labute approximate surface area is 132 Å². The third-order valence-corrected chi connectivity index (χ3v) is 3.82. The van der Waals surface area contributed by atoms with Gasteiger partial charge in [-0.2, -0.15) is 0 Å². The minimum atomic E-state index is -0.334. The Kier molecular flexibility index (Phi) is 3.66. The summed E-state index contributed by atoms with van der Waals surface area (Å²) < 4.78 is 26.7. The van der Waals surface area contributed by atoms with Crippen LogP contribution in [0.4, 0.5) is 4.39 Å². The van der Waals surface area contributed by atoms with Crippen LogP contribution in [0.25, 0.3) is 16.8 Å². The maximum atomic E-state index is 14.3. The van der Waals surface area contributed by atoms with E-state index in [0.717, 1.165) is 0 Å². The van der Waals surface area contributed by atoms with Crippen molar-refractivity contribution in [3.05, 3.63) is 47.1 Å². The highest BCUT2D eigenvalue weighted by Crippen LogP contribution is 2.44. The van der Waals surface area contributed by atoms with Gasteiger partial charge < -0.3 is 13.9 Å². The molecular formula is C16H14ClFN2O2. The molecule has 6 heteroatoms. The van der Waals surface area contributed by atoms with E-state index in [-0.39, 0.29) is 5.82 Å². The molecule has 0 N–H and O–H groups in total. The quantitative estimate of drug-likeness (QED) is 0.728. The largest absolute Gasteiger partial charge is 0.496 e. The number of benzene rings is 1. The van der Waals surface area contributed by atoms with Gasteiger partial charge in [0.1, 0.15) is 23.0 Å². The van der Waals surface area contributed by atoms with Crippen molar-refractivity contribution in [2.75, 3.05) is 14.2 Å². The Hall–Kier alpha value is -2.27. The van der Waals surface area contributed by atoms with E-state index >= 15 is 0 Å². The first-order chi connectivity index (χ1) is 10.6. The molecule has 22 heavy (non-hydrogen) atoms. The van der Waals surface area contributed by atoms with E-state index in [1.54, 1.807) is 35.9 Å². The molecule has 0 aliphatic rings. The Morgan fingerprint density at radius 2 is 1.77 bits per heavy atom. The van der Waals surface area contributed by atoms with Gasteiger partial charge in [-0.1, -0.05) is 11.6 Å². The van der Waals surface area contributed by atoms with Gasteiger partial charge in [-0.3, -0.25) is 0 Å². The van der Waals surface area contributed by atoms with Crippen LogP contribution >= 0.6 is 11.6 Å². The minimum Gasteiger partial charge on any atom is -0.496 e. The van der Waals surface area contributed by atoms with Gasteiger partial charge in [-0.25, -0.2) is 9.37 Å². The van der Waals surface area contributed by atoms with Crippen molar-refractivity contribution in [2.24, 2.45) is 0 Å². The van der Waals surface area contributed by atoms with Crippen LogP contribution in [0, 0.1) is 12.7 Å².